The van der Waals surface area contributed by atoms with Gasteiger partial charge in [0, 0.05) is 26.4 Å². The molecule has 1 aliphatic heterocycles. The smallest absolute Gasteiger partial charge is 0.0477 e. The Morgan fingerprint density at radius 3 is 2.12 bits per heavy atom. The number of rotatable bonds is 0. The molecule has 49 valence electrons. The van der Waals surface area contributed by atoms with Gasteiger partial charge in [-0.05, 0) is 0 Å². The van der Waals surface area contributed by atoms with E-state index < -0.39 is 0 Å². The van der Waals surface area contributed by atoms with Crippen molar-refractivity contribution in [2.24, 2.45) is 0 Å². The Hall–Kier alpha value is -0.241. The van der Waals surface area contributed by atoms with Gasteiger partial charge in [-0.1, -0.05) is 6.61 Å². The first-order valence-electron chi connectivity index (χ1n) is 1.80. The monoisotopic (exact) mass is 292 g/mol. The molecule has 2 nitrogen and oxygen atoms in total. The van der Waals surface area contributed by atoms with Crippen molar-refractivity contribution in [3.8, 4) is 0 Å². The van der Waals surface area contributed by atoms with Crippen molar-refractivity contribution in [1.82, 2.24) is 0 Å². The van der Waals surface area contributed by atoms with E-state index in [1.807, 2.05) is 18.2 Å². The molecule has 0 fully saturated rings. The summed E-state index contributed by atoms with van der Waals surface area (Å²) >= 11 is 0. The fraction of sp³-hybridized carbons (Fsp3) is 0. The van der Waals surface area contributed by atoms with Crippen LogP contribution < -0.4 is 0 Å². The fourth-order valence-corrected chi connectivity index (χ4v) is 0.291. The van der Waals surface area contributed by atoms with Gasteiger partial charge in [0.25, 0.3) is 0 Å². The Kier molecular flexibility index (Phi) is 9.03. The number of ether oxygens (including phenoxy) is 1. The van der Waals surface area contributed by atoms with Crippen molar-refractivity contribution >= 4 is 0 Å². The maximum Gasteiger partial charge on any atom is 0.0477 e. The van der Waals surface area contributed by atoms with Gasteiger partial charge in [-0.15, -0.1) is 6.08 Å². The van der Waals surface area contributed by atoms with Crippen LogP contribution in [0.4, 0.5) is 0 Å². The largest absolute Gasteiger partial charge is 0.560 e. The van der Waals surface area contributed by atoms with E-state index in [-0.39, 0.29) is 25.6 Å². The van der Waals surface area contributed by atoms with Crippen molar-refractivity contribution in [2.75, 3.05) is 0 Å². The maximum atomic E-state index is 4.68. The second-order valence-electron chi connectivity index (χ2n) is 0.986. The summed E-state index contributed by atoms with van der Waals surface area (Å²) in [6, 6.07) is 0. The fourth-order valence-electron chi connectivity index (χ4n) is 0.291. The third-order valence-corrected chi connectivity index (χ3v) is 0.536. The molecule has 0 aromatic heterocycles. The number of hydrogen-bond acceptors (Lipinski definition) is 1. The van der Waals surface area contributed by atoms with Crippen LogP contribution in [-0.4, -0.2) is 5.48 Å². The summed E-state index contributed by atoms with van der Waals surface area (Å²) in [4.78, 5) is 0. The molecule has 0 aromatic carbocycles. The van der Waals surface area contributed by atoms with E-state index in [4.69, 9.17) is 0 Å². The van der Waals surface area contributed by atoms with Crippen LogP contribution in [0, 0.1) is 6.61 Å². The third kappa shape index (κ3) is 3.93. The molecule has 0 bridgehead atoms. The van der Waals surface area contributed by atoms with Gasteiger partial charge in [-0.3, -0.25) is 0 Å². The molecule has 2 N–H and O–H groups in total. The zero-order chi connectivity index (χ0) is 4.24. The molecule has 1 rings (SSSR count). The molecule has 0 amide bonds. The van der Waals surface area contributed by atoms with Crippen molar-refractivity contribution in [2.45, 2.75) is 0 Å². The van der Waals surface area contributed by atoms with Crippen LogP contribution in [0.5, 0.6) is 0 Å². The molecule has 1 radical (unpaired) electrons. The SMILES string of the molecule is C1=C[CH-]OC=C1.O.[Ir]. The van der Waals surface area contributed by atoms with Crippen molar-refractivity contribution in [3.05, 3.63) is 31.1 Å². The summed E-state index contributed by atoms with van der Waals surface area (Å²) in [7, 11) is 0. The van der Waals surface area contributed by atoms with E-state index >= 15 is 0 Å². The van der Waals surface area contributed by atoms with Gasteiger partial charge in [0.05, 0.1) is 0 Å². The van der Waals surface area contributed by atoms with Crippen molar-refractivity contribution in [1.29, 1.82) is 0 Å². The summed E-state index contributed by atoms with van der Waals surface area (Å²) in [6.45, 7) is 1.62. The Morgan fingerprint density at radius 2 is 2.00 bits per heavy atom. The first-order chi connectivity index (χ1) is 3.00. The zero-order valence-corrected chi connectivity index (χ0v) is 6.52. The summed E-state index contributed by atoms with van der Waals surface area (Å²) in [5.74, 6) is 0. The van der Waals surface area contributed by atoms with Crippen LogP contribution in [0.25, 0.3) is 0 Å². The van der Waals surface area contributed by atoms with Crippen LogP contribution in [0.2, 0.25) is 0 Å². The molecule has 8 heavy (non-hydrogen) atoms. The van der Waals surface area contributed by atoms with Crippen LogP contribution in [0.15, 0.2) is 24.5 Å². The van der Waals surface area contributed by atoms with Crippen LogP contribution in [-0.2, 0) is 24.8 Å². The van der Waals surface area contributed by atoms with Gasteiger partial charge < -0.3 is 10.2 Å². The number of allylic oxidation sites excluding steroid dienone is 2. The molecular formula is C5H7IrO2-. The second kappa shape index (κ2) is 6.76. The topological polar surface area (TPSA) is 40.7 Å². The summed E-state index contributed by atoms with van der Waals surface area (Å²) in [5.41, 5.74) is 0. The third-order valence-electron chi connectivity index (χ3n) is 0.536. The van der Waals surface area contributed by atoms with Gasteiger partial charge in [0.15, 0.2) is 0 Å². The molecular weight excluding hydrogens is 284 g/mol. The molecule has 0 spiro atoms. The second-order valence-corrected chi connectivity index (χ2v) is 0.986. The molecule has 3 heteroatoms. The molecule has 0 aliphatic carbocycles. The van der Waals surface area contributed by atoms with E-state index in [0.717, 1.165) is 0 Å². The average molecular weight is 291 g/mol. The van der Waals surface area contributed by atoms with E-state index in [2.05, 4.69) is 4.74 Å². The molecule has 0 atom stereocenters. The van der Waals surface area contributed by atoms with E-state index in [0.29, 0.717) is 0 Å². The summed E-state index contributed by atoms with van der Waals surface area (Å²) < 4.78 is 4.68. The Balaban J connectivity index is 0. The van der Waals surface area contributed by atoms with E-state index in [1.54, 1.807) is 12.9 Å². The van der Waals surface area contributed by atoms with Gasteiger partial charge in [0.2, 0.25) is 0 Å². The van der Waals surface area contributed by atoms with E-state index in [1.165, 1.54) is 0 Å². The molecule has 0 unspecified atom stereocenters. The first-order valence-corrected chi connectivity index (χ1v) is 1.80. The predicted molar refractivity (Wildman–Crippen MR) is 27.3 cm³/mol. The number of hydrogen-bond donors (Lipinski definition) is 0. The quantitative estimate of drug-likeness (QED) is 0.596. The van der Waals surface area contributed by atoms with Crippen LogP contribution in [0.3, 0.4) is 0 Å². The Bertz CT molecular complexity index is 76.4. The minimum atomic E-state index is 0. The van der Waals surface area contributed by atoms with Gasteiger partial charge in [-0.2, -0.15) is 6.08 Å². The standard InChI is InChI=1S/C5H5O.Ir.H2O/c1-2-4-6-5-3-1;;/h1-5H;;1H2/q-1;;. The van der Waals surface area contributed by atoms with Crippen LogP contribution in [0.1, 0.15) is 0 Å². The van der Waals surface area contributed by atoms with Crippen molar-refractivity contribution in [3.63, 3.8) is 0 Å². The maximum absolute atomic E-state index is 4.68. The minimum Gasteiger partial charge on any atom is -0.560 e. The Morgan fingerprint density at radius 1 is 1.25 bits per heavy atom. The normalized spacial score (nSPS) is 12.0. The summed E-state index contributed by atoms with van der Waals surface area (Å²) in [5, 5.41) is 0. The molecule has 1 heterocycles. The molecule has 0 saturated heterocycles. The van der Waals surface area contributed by atoms with Gasteiger partial charge in [-0.25, -0.2) is 6.08 Å². The minimum absolute atomic E-state index is 0. The summed E-state index contributed by atoms with van der Waals surface area (Å²) in [6.07, 6.45) is 7.20. The van der Waals surface area contributed by atoms with Crippen LogP contribution >= 0.6 is 0 Å². The average Bonchev–Trinajstić information content (AvgIpc) is 1.72. The Labute approximate surface area is 61.9 Å². The first kappa shape index (κ1) is 10.7. The molecule has 1 aliphatic rings. The predicted octanol–water partition coefficient (Wildman–Crippen LogP) is 0.421. The van der Waals surface area contributed by atoms with Gasteiger partial charge in [0.1, 0.15) is 0 Å². The van der Waals surface area contributed by atoms with Gasteiger partial charge >= 0.3 is 0 Å². The van der Waals surface area contributed by atoms with Crippen molar-refractivity contribution < 1.29 is 30.3 Å². The zero-order valence-electron chi connectivity index (χ0n) is 4.13. The van der Waals surface area contributed by atoms with E-state index in [9.17, 15) is 0 Å². The molecule has 0 saturated carbocycles. The molecule has 0 aromatic rings.